The Morgan fingerprint density at radius 3 is 1.86 bits per heavy atom. The van der Waals surface area contributed by atoms with Crippen LogP contribution in [-0.2, 0) is 33.4 Å². The minimum Gasteiger partial charge on any atom is -0.469 e. The average Bonchev–Trinajstić information content (AvgIpc) is 2.53. The van der Waals surface area contributed by atoms with Crippen molar-refractivity contribution in [1.82, 2.24) is 10.6 Å². The lowest BCUT2D eigenvalue weighted by atomic mass is 10.1. The molecule has 0 aromatic heterocycles. The highest BCUT2D eigenvalue weighted by molar-refractivity contribution is 5.93. The average molecular weight is 416 g/mol. The molecule has 0 aliphatic rings. The number of carbonyl (C=O) groups excluding carboxylic acids is 5. The molecule has 0 bridgehead atoms. The molecule has 2 N–H and O–H groups in total. The Kier molecular flexibility index (Phi) is 10.3. The molecule has 1 atom stereocenters. The molecule has 0 aromatic carbocycles. The summed E-state index contributed by atoms with van der Waals surface area (Å²) >= 11 is 0. The third-order valence-electron chi connectivity index (χ3n) is 3.09. The smallest absolute Gasteiger partial charge is 0.408 e. The number of hydrogen-bond acceptors (Lipinski definition) is 8. The van der Waals surface area contributed by atoms with Gasteiger partial charge in [0.05, 0.1) is 26.5 Å². The van der Waals surface area contributed by atoms with Crippen molar-refractivity contribution in [2.45, 2.75) is 78.0 Å². The van der Waals surface area contributed by atoms with Gasteiger partial charge in [0, 0.05) is 6.42 Å². The topological polar surface area (TPSA) is 137 Å². The minimum absolute atomic E-state index is 0.108. The van der Waals surface area contributed by atoms with Crippen molar-refractivity contribution in [2.75, 3.05) is 13.7 Å². The van der Waals surface area contributed by atoms with Crippen LogP contribution in [0.4, 0.5) is 4.79 Å². The standard InChI is InChI=1S/C19H32N2O8/c1-18(2,3)28-15(24)10-13(21-17(26)29-19(4,5)6)16(25)20-11-12(22)8-9-14(23)27-7/h13H,8-11H2,1-7H3,(H,20,25)(H,21,26)/t13-/m0/s1. The molecular formula is C19H32N2O8. The Hall–Kier alpha value is -2.65. The quantitative estimate of drug-likeness (QED) is 0.423. The van der Waals surface area contributed by atoms with Gasteiger partial charge in [0.15, 0.2) is 5.78 Å². The molecule has 0 aliphatic carbocycles. The van der Waals surface area contributed by atoms with Gasteiger partial charge in [-0.15, -0.1) is 0 Å². The van der Waals surface area contributed by atoms with Crippen LogP contribution in [0.5, 0.6) is 0 Å². The normalized spacial score (nSPS) is 12.4. The van der Waals surface area contributed by atoms with Gasteiger partial charge in [-0.25, -0.2) is 4.79 Å². The molecule has 0 aliphatic heterocycles. The maximum absolute atomic E-state index is 12.4. The van der Waals surface area contributed by atoms with Gasteiger partial charge in [-0.1, -0.05) is 0 Å². The van der Waals surface area contributed by atoms with E-state index in [1.54, 1.807) is 41.5 Å². The summed E-state index contributed by atoms with van der Waals surface area (Å²) in [6.07, 6.45) is -1.55. The zero-order valence-electron chi connectivity index (χ0n) is 18.2. The van der Waals surface area contributed by atoms with Gasteiger partial charge in [-0.2, -0.15) is 0 Å². The summed E-state index contributed by atoms with van der Waals surface area (Å²) in [6, 6.07) is -1.30. The molecule has 0 spiro atoms. The maximum Gasteiger partial charge on any atom is 0.408 e. The number of rotatable bonds is 9. The minimum atomic E-state index is -1.30. The van der Waals surface area contributed by atoms with Crippen LogP contribution in [0.15, 0.2) is 0 Å². The van der Waals surface area contributed by atoms with Crippen LogP contribution in [0.25, 0.3) is 0 Å². The molecule has 0 fully saturated rings. The number of methoxy groups -OCH3 is 1. The second kappa shape index (κ2) is 11.4. The Bertz CT molecular complexity index is 587. The number of alkyl carbamates (subject to hydrolysis) is 1. The third kappa shape index (κ3) is 14.1. The molecule has 0 aromatic rings. The van der Waals surface area contributed by atoms with Crippen LogP contribution in [0.1, 0.15) is 60.8 Å². The number of amides is 2. The number of Topliss-reactive ketones (excluding diaryl/α,β-unsaturated/α-hetero) is 1. The number of carbonyl (C=O) groups is 5. The van der Waals surface area contributed by atoms with Crippen LogP contribution >= 0.6 is 0 Å². The first-order chi connectivity index (χ1) is 13.1. The second-order valence-electron chi connectivity index (χ2n) is 8.32. The summed E-state index contributed by atoms with van der Waals surface area (Å²) in [5.41, 5.74) is -1.57. The van der Waals surface area contributed by atoms with Crippen molar-refractivity contribution in [2.24, 2.45) is 0 Å². The Balaban J connectivity index is 4.95. The summed E-state index contributed by atoms with van der Waals surface area (Å²) in [6.45, 7) is 9.58. The zero-order valence-corrected chi connectivity index (χ0v) is 18.2. The van der Waals surface area contributed by atoms with Crippen LogP contribution in [0.3, 0.4) is 0 Å². The predicted octanol–water partition coefficient (Wildman–Crippen LogP) is 1.25. The molecule has 10 nitrogen and oxygen atoms in total. The van der Waals surface area contributed by atoms with E-state index >= 15 is 0 Å². The van der Waals surface area contributed by atoms with Crippen molar-refractivity contribution < 1.29 is 38.2 Å². The maximum atomic E-state index is 12.4. The molecule has 10 heteroatoms. The lowest BCUT2D eigenvalue weighted by Crippen LogP contribution is -2.50. The SMILES string of the molecule is COC(=O)CCC(=O)CNC(=O)[C@H](CC(=O)OC(C)(C)C)NC(=O)OC(C)(C)C. The number of esters is 2. The fourth-order valence-corrected chi connectivity index (χ4v) is 1.95. The summed E-state index contributed by atoms with van der Waals surface area (Å²) in [7, 11) is 1.21. The van der Waals surface area contributed by atoms with Gasteiger partial charge in [0.2, 0.25) is 5.91 Å². The van der Waals surface area contributed by atoms with E-state index in [0.29, 0.717) is 0 Å². The summed E-state index contributed by atoms with van der Waals surface area (Å²) in [5.74, 6) is -2.41. The number of nitrogens with one attached hydrogen (secondary N) is 2. The van der Waals surface area contributed by atoms with Gasteiger partial charge in [0.25, 0.3) is 0 Å². The Labute approximate surface area is 171 Å². The van der Waals surface area contributed by atoms with E-state index in [0.717, 1.165) is 0 Å². The van der Waals surface area contributed by atoms with E-state index in [1.165, 1.54) is 7.11 Å². The second-order valence-corrected chi connectivity index (χ2v) is 8.32. The fourth-order valence-electron chi connectivity index (χ4n) is 1.95. The highest BCUT2D eigenvalue weighted by Crippen LogP contribution is 2.11. The lowest BCUT2D eigenvalue weighted by molar-refractivity contribution is -0.156. The molecule has 29 heavy (non-hydrogen) atoms. The first-order valence-electron chi connectivity index (χ1n) is 9.20. The van der Waals surface area contributed by atoms with Crippen LogP contribution < -0.4 is 10.6 Å². The van der Waals surface area contributed by atoms with E-state index in [4.69, 9.17) is 9.47 Å². The van der Waals surface area contributed by atoms with Gasteiger partial charge >= 0.3 is 18.0 Å². The third-order valence-corrected chi connectivity index (χ3v) is 3.09. The molecule has 0 radical (unpaired) electrons. The van der Waals surface area contributed by atoms with Crippen molar-refractivity contribution in [1.29, 1.82) is 0 Å². The molecule has 0 heterocycles. The summed E-state index contributed by atoms with van der Waals surface area (Å²) in [4.78, 5) is 59.3. The predicted molar refractivity (Wildman–Crippen MR) is 103 cm³/mol. The highest BCUT2D eigenvalue weighted by atomic mass is 16.6. The van der Waals surface area contributed by atoms with E-state index in [2.05, 4.69) is 15.4 Å². The Morgan fingerprint density at radius 1 is 0.828 bits per heavy atom. The molecule has 166 valence electrons. The van der Waals surface area contributed by atoms with Crippen LogP contribution in [0.2, 0.25) is 0 Å². The lowest BCUT2D eigenvalue weighted by Gasteiger charge is -2.24. The monoisotopic (exact) mass is 416 g/mol. The summed E-state index contributed by atoms with van der Waals surface area (Å²) < 4.78 is 14.7. The largest absolute Gasteiger partial charge is 0.469 e. The molecule has 0 rings (SSSR count). The van der Waals surface area contributed by atoms with Gasteiger partial charge in [-0.3, -0.25) is 19.2 Å². The van der Waals surface area contributed by atoms with Gasteiger partial charge < -0.3 is 24.8 Å². The van der Waals surface area contributed by atoms with Gasteiger partial charge in [-0.05, 0) is 41.5 Å². The van der Waals surface area contributed by atoms with Crippen molar-refractivity contribution in [3.63, 3.8) is 0 Å². The van der Waals surface area contributed by atoms with E-state index in [1.807, 2.05) is 0 Å². The first kappa shape index (κ1) is 26.4. The first-order valence-corrected chi connectivity index (χ1v) is 9.20. The van der Waals surface area contributed by atoms with E-state index in [9.17, 15) is 24.0 Å². The molecule has 2 amide bonds. The molecule has 0 saturated carbocycles. The summed E-state index contributed by atoms with van der Waals surface area (Å²) in [5, 5.41) is 4.66. The molecule has 0 saturated heterocycles. The van der Waals surface area contributed by atoms with E-state index < -0.39 is 53.4 Å². The van der Waals surface area contributed by atoms with Gasteiger partial charge in [0.1, 0.15) is 17.2 Å². The number of hydrogen-bond donors (Lipinski definition) is 2. The molecule has 0 unspecified atom stereocenters. The zero-order chi connectivity index (χ0) is 22.8. The van der Waals surface area contributed by atoms with E-state index in [-0.39, 0.29) is 19.4 Å². The van der Waals surface area contributed by atoms with Crippen molar-refractivity contribution >= 4 is 29.7 Å². The fraction of sp³-hybridized carbons (Fsp3) is 0.737. The highest BCUT2D eigenvalue weighted by Gasteiger charge is 2.29. The molecular weight excluding hydrogens is 384 g/mol. The number of ether oxygens (including phenoxy) is 3. The van der Waals surface area contributed by atoms with Crippen molar-refractivity contribution in [3.8, 4) is 0 Å². The van der Waals surface area contributed by atoms with Crippen LogP contribution in [-0.4, -0.2) is 60.6 Å². The number of ketones is 1. The van der Waals surface area contributed by atoms with Crippen LogP contribution in [0, 0.1) is 0 Å². The Morgan fingerprint density at radius 2 is 1.38 bits per heavy atom. The van der Waals surface area contributed by atoms with Crippen molar-refractivity contribution in [3.05, 3.63) is 0 Å².